The van der Waals surface area contributed by atoms with Gasteiger partial charge in [0.25, 0.3) is 0 Å². The van der Waals surface area contributed by atoms with Gasteiger partial charge >= 0.3 is 0 Å². The third-order valence-electron chi connectivity index (χ3n) is 6.70. The molecule has 1 N–H and O–H groups in total. The molecule has 2 aromatic heterocycles. The number of aromatic nitrogens is 3. The summed E-state index contributed by atoms with van der Waals surface area (Å²) in [5, 5.41) is 6.08. The highest BCUT2D eigenvalue weighted by Gasteiger charge is 2.26. The number of nitrogens with zero attached hydrogens (tertiary/aromatic N) is 4. The molecule has 0 saturated carbocycles. The molecule has 8 nitrogen and oxygen atoms in total. The minimum Gasteiger partial charge on any atom is -0.493 e. The van der Waals surface area contributed by atoms with Gasteiger partial charge in [-0.25, -0.2) is 15.0 Å². The fraction of sp³-hybridized carbons (Fsp3) is 0.310. The van der Waals surface area contributed by atoms with Gasteiger partial charge in [0.2, 0.25) is 5.91 Å². The molecule has 1 atom stereocenters. The predicted octanol–water partition coefficient (Wildman–Crippen LogP) is 4.86. The maximum Gasteiger partial charge on any atom is 0.224 e. The number of carbonyl (C=O) groups is 1. The van der Waals surface area contributed by atoms with Crippen LogP contribution in [0.5, 0.6) is 11.5 Å². The Hall–Kier alpha value is -3.98. The molecule has 1 saturated heterocycles. The van der Waals surface area contributed by atoms with E-state index in [9.17, 15) is 4.79 Å². The zero-order valence-corrected chi connectivity index (χ0v) is 22.4. The summed E-state index contributed by atoms with van der Waals surface area (Å²) in [5.41, 5.74) is 3.88. The number of methoxy groups -OCH3 is 2. The lowest BCUT2D eigenvalue weighted by Crippen LogP contribution is -2.43. The quantitative estimate of drug-likeness (QED) is 0.331. The monoisotopic (exact) mass is 529 g/mol. The fourth-order valence-electron chi connectivity index (χ4n) is 4.67. The fourth-order valence-corrected chi connectivity index (χ4v) is 5.52. The topological polar surface area (TPSA) is 89.5 Å². The van der Waals surface area contributed by atoms with Gasteiger partial charge in [-0.2, -0.15) is 0 Å². The summed E-state index contributed by atoms with van der Waals surface area (Å²) in [6.07, 6.45) is 4.10. The van der Waals surface area contributed by atoms with Crippen LogP contribution in [-0.2, 0) is 11.2 Å². The van der Waals surface area contributed by atoms with Crippen LogP contribution in [0.15, 0.2) is 66.3 Å². The largest absolute Gasteiger partial charge is 0.493 e. The summed E-state index contributed by atoms with van der Waals surface area (Å²) in [7, 11) is 3.24. The SMILES string of the molecule is COc1ccc(-c2nc(CCNC(=O)C3CCCN(c4cc(-c5ccccc5)ncn4)C3)cs2)cc1OC. The number of ether oxygens (including phenoxy) is 2. The first-order valence-electron chi connectivity index (χ1n) is 12.7. The van der Waals surface area contributed by atoms with Crippen LogP contribution in [-0.4, -0.2) is 54.7 Å². The van der Waals surface area contributed by atoms with Gasteiger partial charge in [0, 0.05) is 48.6 Å². The lowest BCUT2D eigenvalue weighted by molar-refractivity contribution is -0.125. The van der Waals surface area contributed by atoms with Crippen molar-refractivity contribution in [2.45, 2.75) is 19.3 Å². The van der Waals surface area contributed by atoms with Gasteiger partial charge in [0.1, 0.15) is 17.2 Å². The third kappa shape index (κ3) is 5.94. The van der Waals surface area contributed by atoms with Crippen molar-refractivity contribution in [3.05, 3.63) is 72.0 Å². The molecule has 196 valence electrons. The van der Waals surface area contributed by atoms with Crippen molar-refractivity contribution in [2.75, 3.05) is 38.8 Å². The van der Waals surface area contributed by atoms with Crippen molar-refractivity contribution in [1.29, 1.82) is 0 Å². The number of thiazole rings is 1. The Morgan fingerprint density at radius 3 is 2.71 bits per heavy atom. The predicted molar refractivity (Wildman–Crippen MR) is 150 cm³/mol. The van der Waals surface area contributed by atoms with Crippen LogP contribution in [0.4, 0.5) is 5.82 Å². The Morgan fingerprint density at radius 1 is 1.05 bits per heavy atom. The van der Waals surface area contributed by atoms with Crippen LogP contribution in [0.2, 0.25) is 0 Å². The zero-order valence-electron chi connectivity index (χ0n) is 21.6. The minimum atomic E-state index is -0.0725. The second-order valence-electron chi connectivity index (χ2n) is 9.17. The lowest BCUT2D eigenvalue weighted by atomic mass is 9.97. The Morgan fingerprint density at radius 2 is 1.89 bits per heavy atom. The molecule has 4 aromatic rings. The number of piperidine rings is 1. The maximum absolute atomic E-state index is 13.0. The van der Waals surface area contributed by atoms with E-state index >= 15 is 0 Å². The summed E-state index contributed by atoms with van der Waals surface area (Å²) in [4.78, 5) is 28.9. The zero-order chi connectivity index (χ0) is 26.3. The number of hydrogen-bond acceptors (Lipinski definition) is 8. The minimum absolute atomic E-state index is 0.0725. The molecule has 3 heterocycles. The molecule has 5 rings (SSSR count). The summed E-state index contributed by atoms with van der Waals surface area (Å²) in [6, 6.07) is 17.9. The molecule has 2 aromatic carbocycles. The third-order valence-corrected chi connectivity index (χ3v) is 7.64. The molecule has 38 heavy (non-hydrogen) atoms. The van der Waals surface area contributed by atoms with E-state index in [1.54, 1.807) is 31.9 Å². The van der Waals surface area contributed by atoms with Crippen LogP contribution >= 0.6 is 11.3 Å². The second kappa shape index (κ2) is 12.0. The highest BCUT2D eigenvalue weighted by atomic mass is 32.1. The maximum atomic E-state index is 13.0. The van der Waals surface area contributed by atoms with Gasteiger partial charge in [0.15, 0.2) is 11.5 Å². The van der Waals surface area contributed by atoms with Crippen LogP contribution in [0.3, 0.4) is 0 Å². The van der Waals surface area contributed by atoms with Gasteiger partial charge in [-0.3, -0.25) is 4.79 Å². The number of amides is 1. The van der Waals surface area contributed by atoms with Gasteiger partial charge in [-0.15, -0.1) is 11.3 Å². The first-order valence-corrected chi connectivity index (χ1v) is 13.6. The molecule has 0 aliphatic carbocycles. The molecule has 1 aliphatic heterocycles. The number of anilines is 1. The van der Waals surface area contributed by atoms with E-state index in [4.69, 9.17) is 14.5 Å². The van der Waals surface area contributed by atoms with Gasteiger partial charge in [-0.05, 0) is 31.0 Å². The Balaban J connectivity index is 1.15. The first kappa shape index (κ1) is 25.7. The lowest BCUT2D eigenvalue weighted by Gasteiger charge is -2.33. The standard InChI is InChI=1S/C29H31N5O3S/c1-36-25-11-10-21(15-26(25)37-2)29-33-23(18-38-29)12-13-30-28(35)22-9-6-14-34(17-22)27-16-24(31-19-32-27)20-7-4-3-5-8-20/h3-5,7-8,10-11,15-16,18-19,22H,6,9,12-14,17H2,1-2H3,(H,30,35). The smallest absolute Gasteiger partial charge is 0.224 e. The van der Waals surface area contributed by atoms with E-state index < -0.39 is 0 Å². The summed E-state index contributed by atoms with van der Waals surface area (Å²) >= 11 is 1.58. The van der Waals surface area contributed by atoms with Crippen LogP contribution in [0.25, 0.3) is 21.8 Å². The van der Waals surface area contributed by atoms with Crippen molar-refractivity contribution in [1.82, 2.24) is 20.3 Å². The van der Waals surface area contributed by atoms with E-state index in [1.807, 2.05) is 60.0 Å². The van der Waals surface area contributed by atoms with Gasteiger partial charge < -0.3 is 19.7 Å². The molecular formula is C29H31N5O3S. The average Bonchev–Trinajstić information content (AvgIpc) is 3.46. The number of rotatable bonds is 9. The molecule has 0 bridgehead atoms. The first-order chi connectivity index (χ1) is 18.6. The Kier molecular flexibility index (Phi) is 8.13. The molecular weight excluding hydrogens is 498 g/mol. The van der Waals surface area contributed by atoms with Crippen molar-refractivity contribution in [3.8, 4) is 33.3 Å². The summed E-state index contributed by atoms with van der Waals surface area (Å²) < 4.78 is 10.7. The number of carbonyl (C=O) groups excluding carboxylic acids is 1. The number of hydrogen-bond donors (Lipinski definition) is 1. The van der Waals surface area contributed by atoms with E-state index in [0.29, 0.717) is 31.0 Å². The highest BCUT2D eigenvalue weighted by molar-refractivity contribution is 7.13. The van der Waals surface area contributed by atoms with Crippen molar-refractivity contribution in [2.24, 2.45) is 5.92 Å². The van der Waals surface area contributed by atoms with Gasteiger partial charge in [0.05, 0.1) is 31.5 Å². The molecule has 0 radical (unpaired) electrons. The van der Waals surface area contributed by atoms with Crippen LogP contribution in [0.1, 0.15) is 18.5 Å². The number of benzene rings is 2. The van der Waals surface area contributed by atoms with Crippen molar-refractivity contribution in [3.63, 3.8) is 0 Å². The molecule has 1 fully saturated rings. The Labute approximate surface area is 226 Å². The molecule has 0 spiro atoms. The Bertz CT molecular complexity index is 1380. The van der Waals surface area contributed by atoms with Crippen LogP contribution < -0.4 is 19.7 Å². The molecule has 1 amide bonds. The highest BCUT2D eigenvalue weighted by Crippen LogP contribution is 2.33. The van der Waals surface area contributed by atoms with E-state index in [2.05, 4.69) is 20.2 Å². The molecule has 1 unspecified atom stereocenters. The van der Waals surface area contributed by atoms with E-state index in [1.165, 1.54) is 0 Å². The normalized spacial score (nSPS) is 15.2. The van der Waals surface area contributed by atoms with Crippen molar-refractivity contribution >= 4 is 23.1 Å². The van der Waals surface area contributed by atoms with Gasteiger partial charge in [-0.1, -0.05) is 30.3 Å². The molecule has 9 heteroatoms. The van der Waals surface area contributed by atoms with E-state index in [0.717, 1.165) is 52.7 Å². The second-order valence-corrected chi connectivity index (χ2v) is 10.0. The average molecular weight is 530 g/mol. The molecule has 1 aliphatic rings. The summed E-state index contributed by atoms with van der Waals surface area (Å²) in [6.45, 7) is 2.08. The number of nitrogens with one attached hydrogen (secondary N) is 1. The van der Waals surface area contributed by atoms with Crippen LogP contribution in [0, 0.1) is 5.92 Å². The summed E-state index contributed by atoms with van der Waals surface area (Å²) in [5.74, 6) is 2.24. The van der Waals surface area contributed by atoms with E-state index in [-0.39, 0.29) is 11.8 Å². The van der Waals surface area contributed by atoms with Crippen molar-refractivity contribution < 1.29 is 14.3 Å².